The van der Waals surface area contributed by atoms with Gasteiger partial charge in [-0.15, -0.1) is 0 Å². The molecule has 3 aromatic heterocycles. The average Bonchev–Trinajstić information content (AvgIpc) is 3.53. The molecule has 1 atom stereocenters. The predicted octanol–water partition coefficient (Wildman–Crippen LogP) is 5.77. The minimum Gasteiger partial charge on any atom is -0.389 e. The summed E-state index contributed by atoms with van der Waals surface area (Å²) in [4.78, 5) is 13.0. The quantitative estimate of drug-likeness (QED) is 0.209. The number of aryl methyl sites for hydroxylation is 1. The second kappa shape index (κ2) is 10.8. The number of benzene rings is 2. The normalized spacial score (nSPS) is 16.3. The van der Waals surface area contributed by atoms with Crippen molar-refractivity contribution < 1.29 is 5.11 Å². The third kappa shape index (κ3) is 5.69. The van der Waals surface area contributed by atoms with Crippen LogP contribution in [0.3, 0.4) is 0 Å². The van der Waals surface area contributed by atoms with E-state index >= 15 is 0 Å². The van der Waals surface area contributed by atoms with Gasteiger partial charge in [0.25, 0.3) is 0 Å². The number of pyridine rings is 2. The van der Waals surface area contributed by atoms with Gasteiger partial charge in [0.05, 0.1) is 29.6 Å². The van der Waals surface area contributed by atoms with Crippen molar-refractivity contribution in [2.24, 2.45) is 0 Å². The van der Waals surface area contributed by atoms with Gasteiger partial charge in [0.15, 0.2) is 0 Å². The molecule has 0 bridgehead atoms. The van der Waals surface area contributed by atoms with Crippen molar-refractivity contribution in [2.75, 3.05) is 25.5 Å². The second-order valence-electron chi connectivity index (χ2n) is 11.4. The zero-order chi connectivity index (χ0) is 27.9. The molecule has 40 heavy (non-hydrogen) atoms. The molecule has 0 amide bonds. The number of likely N-dealkylation sites (N-methyl/N-ethyl adjacent to an activating group) is 1. The van der Waals surface area contributed by atoms with Crippen LogP contribution < -0.4 is 10.0 Å². The highest BCUT2D eigenvalue weighted by Gasteiger charge is 2.20. The lowest BCUT2D eigenvalue weighted by Crippen LogP contribution is -2.26. The van der Waals surface area contributed by atoms with E-state index in [4.69, 9.17) is 4.98 Å². The van der Waals surface area contributed by atoms with Gasteiger partial charge >= 0.3 is 0 Å². The molecule has 5 aromatic rings. The molecule has 2 aromatic carbocycles. The Labute approximate surface area is 239 Å². The molecule has 0 saturated carbocycles. The molecular weight excluding hydrogens is 518 g/mol. The minimum atomic E-state index is -0.845. The molecular formula is C31H35N7OS. The summed E-state index contributed by atoms with van der Waals surface area (Å²) in [5, 5.41) is 21.4. The van der Waals surface area contributed by atoms with E-state index in [0.29, 0.717) is 12.6 Å². The first-order valence-electron chi connectivity index (χ1n) is 13.6. The maximum atomic E-state index is 10.3. The number of aliphatic hydroxyl groups is 1. The number of hydrogen-bond acceptors (Lipinski definition) is 8. The fourth-order valence-electron chi connectivity index (χ4n) is 5.33. The predicted molar refractivity (Wildman–Crippen MR) is 164 cm³/mol. The van der Waals surface area contributed by atoms with Gasteiger partial charge in [-0.3, -0.25) is 14.4 Å². The second-order valence-corrected chi connectivity index (χ2v) is 12.3. The summed E-state index contributed by atoms with van der Waals surface area (Å²) in [5.74, 6) is 0.769. The Morgan fingerprint density at radius 2 is 1.88 bits per heavy atom. The number of nitrogens with one attached hydrogen (secondary N) is 2. The maximum Gasteiger partial charge on any atom is 0.130 e. The number of hydrogen-bond donors (Lipinski definition) is 3. The van der Waals surface area contributed by atoms with Crippen LogP contribution in [0.2, 0.25) is 0 Å². The fourth-order valence-corrected chi connectivity index (χ4v) is 6.09. The molecule has 9 heteroatoms. The van der Waals surface area contributed by atoms with Gasteiger partial charge in [0, 0.05) is 57.3 Å². The Balaban J connectivity index is 1.24. The maximum absolute atomic E-state index is 10.3. The minimum absolute atomic E-state index is 0.427. The number of likely N-dealkylation sites (tertiary alicyclic amines) is 1. The number of rotatable bonds is 8. The number of aromatic nitrogens is 4. The van der Waals surface area contributed by atoms with Gasteiger partial charge in [-0.2, -0.15) is 5.10 Å². The van der Waals surface area contributed by atoms with Gasteiger partial charge in [-0.1, -0.05) is 6.07 Å². The van der Waals surface area contributed by atoms with Crippen LogP contribution in [0.25, 0.3) is 32.9 Å². The summed E-state index contributed by atoms with van der Waals surface area (Å²) in [6, 6.07) is 17.2. The van der Waals surface area contributed by atoms with Crippen molar-refractivity contribution >= 4 is 45.1 Å². The first kappa shape index (κ1) is 26.7. The van der Waals surface area contributed by atoms with Crippen molar-refractivity contribution in [3.8, 4) is 11.3 Å². The lowest BCUT2D eigenvalue weighted by Gasteiger charge is -2.18. The Kier molecular flexibility index (Phi) is 7.22. The van der Waals surface area contributed by atoms with Gasteiger partial charge in [0.2, 0.25) is 0 Å². The fraction of sp³-hybridized carbons (Fsp3) is 0.323. The van der Waals surface area contributed by atoms with E-state index in [1.54, 1.807) is 25.8 Å². The Morgan fingerprint density at radius 3 is 2.62 bits per heavy atom. The van der Waals surface area contributed by atoms with Gasteiger partial charge in [-0.05, 0) is 101 Å². The Morgan fingerprint density at radius 1 is 1.05 bits per heavy atom. The van der Waals surface area contributed by atoms with E-state index in [-0.39, 0.29) is 0 Å². The number of fused-ring (bicyclic) bond motifs is 2. The Hall–Kier alpha value is -3.50. The van der Waals surface area contributed by atoms with Crippen LogP contribution in [0.4, 0.5) is 11.5 Å². The molecule has 1 fully saturated rings. The van der Waals surface area contributed by atoms with E-state index in [9.17, 15) is 5.11 Å². The van der Waals surface area contributed by atoms with Crippen LogP contribution in [0, 0.1) is 6.92 Å². The molecule has 0 spiro atoms. The standard InChI is InChI=1S/C31H35N7OS/c1-20-25(9-10-28-27(20)17-34-38(28)19-31(2,3)39)30-26-15-29(33-16-21(26)11-13-32-30)35-22-5-7-24(8-6-22)40-36-23-12-14-37(4)18-23/h5-11,13,15-17,23,36,39H,12,14,18-19H2,1-4H3,(H,33,35). The van der Waals surface area contributed by atoms with Crippen LogP contribution in [0.5, 0.6) is 0 Å². The SMILES string of the molecule is Cc1c(-c2nccc3cnc(Nc4ccc(SNC5CCN(C)C5)cc4)cc23)ccc2c1cnn2CC(C)(C)O. The van der Waals surface area contributed by atoms with Crippen molar-refractivity contribution in [2.45, 2.75) is 50.3 Å². The van der Waals surface area contributed by atoms with E-state index < -0.39 is 5.60 Å². The zero-order valence-electron chi connectivity index (χ0n) is 23.3. The lowest BCUT2D eigenvalue weighted by atomic mass is 9.98. The van der Waals surface area contributed by atoms with Crippen molar-refractivity contribution in [3.63, 3.8) is 0 Å². The zero-order valence-corrected chi connectivity index (χ0v) is 24.2. The molecule has 8 nitrogen and oxygen atoms in total. The highest BCUT2D eigenvalue weighted by molar-refractivity contribution is 7.97. The van der Waals surface area contributed by atoms with Crippen molar-refractivity contribution in [3.05, 3.63) is 72.7 Å². The summed E-state index contributed by atoms with van der Waals surface area (Å²) in [5.41, 5.74) is 4.21. The smallest absolute Gasteiger partial charge is 0.130 e. The third-order valence-corrected chi connectivity index (χ3v) is 8.36. The molecule has 3 N–H and O–H groups in total. The van der Waals surface area contributed by atoms with Crippen LogP contribution in [0.1, 0.15) is 25.8 Å². The van der Waals surface area contributed by atoms with Gasteiger partial charge in [-0.25, -0.2) is 4.98 Å². The van der Waals surface area contributed by atoms with E-state index in [1.165, 1.54) is 11.3 Å². The van der Waals surface area contributed by atoms with Gasteiger partial charge in [0.1, 0.15) is 5.82 Å². The summed E-state index contributed by atoms with van der Waals surface area (Å²) in [6.45, 7) is 8.37. The van der Waals surface area contributed by atoms with Crippen molar-refractivity contribution in [1.82, 2.24) is 29.4 Å². The van der Waals surface area contributed by atoms with E-state index in [2.05, 4.69) is 81.5 Å². The molecule has 0 radical (unpaired) electrons. The molecule has 6 rings (SSSR count). The molecule has 1 aliphatic heterocycles. The summed E-state index contributed by atoms with van der Waals surface area (Å²) in [6.07, 6.45) is 6.79. The first-order chi connectivity index (χ1) is 19.2. The number of nitrogens with zero attached hydrogens (tertiary/aromatic N) is 5. The molecule has 4 heterocycles. The van der Waals surface area contributed by atoms with Crippen molar-refractivity contribution in [1.29, 1.82) is 0 Å². The average molecular weight is 554 g/mol. The Bertz CT molecular complexity index is 1660. The topological polar surface area (TPSA) is 91.1 Å². The summed E-state index contributed by atoms with van der Waals surface area (Å²) >= 11 is 1.70. The van der Waals surface area contributed by atoms with Crippen LogP contribution in [-0.4, -0.2) is 61.5 Å². The lowest BCUT2D eigenvalue weighted by molar-refractivity contribution is 0.0591. The molecule has 0 aliphatic carbocycles. The van der Waals surface area contributed by atoms with Crippen LogP contribution in [0.15, 0.2) is 72.0 Å². The van der Waals surface area contributed by atoms with E-state index in [1.807, 2.05) is 29.3 Å². The highest BCUT2D eigenvalue weighted by atomic mass is 32.2. The van der Waals surface area contributed by atoms with Crippen LogP contribution in [-0.2, 0) is 6.54 Å². The molecule has 1 aliphatic rings. The largest absolute Gasteiger partial charge is 0.389 e. The molecule has 206 valence electrons. The third-order valence-electron chi connectivity index (χ3n) is 7.40. The highest BCUT2D eigenvalue weighted by Crippen LogP contribution is 2.34. The summed E-state index contributed by atoms with van der Waals surface area (Å²) in [7, 11) is 2.17. The molecule has 1 saturated heterocycles. The van der Waals surface area contributed by atoms with E-state index in [0.717, 1.165) is 63.1 Å². The van der Waals surface area contributed by atoms with Crippen LogP contribution >= 0.6 is 11.9 Å². The number of anilines is 2. The first-order valence-corrected chi connectivity index (χ1v) is 14.5. The summed E-state index contributed by atoms with van der Waals surface area (Å²) < 4.78 is 5.45. The molecule has 1 unspecified atom stereocenters. The van der Waals surface area contributed by atoms with Gasteiger partial charge < -0.3 is 15.3 Å². The monoisotopic (exact) mass is 553 g/mol.